The summed E-state index contributed by atoms with van der Waals surface area (Å²) < 4.78 is 0. The number of piperidine rings is 1. The molecule has 0 saturated carbocycles. The summed E-state index contributed by atoms with van der Waals surface area (Å²) in [4.78, 5) is 2.57. The van der Waals surface area contributed by atoms with E-state index in [0.29, 0.717) is 5.92 Å². The van der Waals surface area contributed by atoms with Gasteiger partial charge >= 0.3 is 0 Å². The van der Waals surface area contributed by atoms with Gasteiger partial charge in [0.25, 0.3) is 0 Å². The average molecular weight is 232 g/mol. The molecule has 0 spiro atoms. The number of hydrogen-bond donors (Lipinski definition) is 0. The molecule has 17 heavy (non-hydrogen) atoms. The van der Waals surface area contributed by atoms with E-state index in [2.05, 4.69) is 30.9 Å². The normalized spacial score (nSPS) is 31.9. The molecule has 0 aromatic heterocycles. The third kappa shape index (κ3) is 3.10. The highest BCUT2D eigenvalue weighted by atomic mass is 15.1. The first-order chi connectivity index (χ1) is 8.20. The van der Waals surface area contributed by atoms with Gasteiger partial charge in [0.15, 0.2) is 0 Å². The molecule has 1 heterocycles. The number of hydrogen-bond acceptors (Lipinski definition) is 2. The van der Waals surface area contributed by atoms with Crippen LogP contribution in [0, 0.1) is 29.1 Å². The molecule has 0 aromatic carbocycles. The molecule has 0 amide bonds. The third-order valence-electron chi connectivity index (χ3n) is 4.59. The molecule has 2 atom stereocenters. The SMILES string of the molecule is CC1=CCC[C@H](C)[C@@H]1CN1CCC(C#N)CC1. The molecular weight excluding hydrogens is 208 g/mol. The summed E-state index contributed by atoms with van der Waals surface area (Å²) in [6, 6.07) is 2.41. The smallest absolute Gasteiger partial charge is 0.0656 e. The fourth-order valence-electron chi connectivity index (χ4n) is 3.22. The molecule has 1 aliphatic carbocycles. The zero-order chi connectivity index (χ0) is 12.3. The van der Waals surface area contributed by atoms with E-state index in [9.17, 15) is 0 Å². The van der Waals surface area contributed by atoms with Crippen molar-refractivity contribution in [1.29, 1.82) is 5.26 Å². The summed E-state index contributed by atoms with van der Waals surface area (Å²) in [6.07, 6.45) is 7.17. The summed E-state index contributed by atoms with van der Waals surface area (Å²) in [6.45, 7) is 8.14. The van der Waals surface area contributed by atoms with Crippen LogP contribution in [0.2, 0.25) is 0 Å². The van der Waals surface area contributed by atoms with Crippen LogP contribution in [0.5, 0.6) is 0 Å². The minimum Gasteiger partial charge on any atom is -0.303 e. The van der Waals surface area contributed by atoms with Crippen molar-refractivity contribution in [3.8, 4) is 6.07 Å². The molecule has 0 bridgehead atoms. The third-order valence-corrected chi connectivity index (χ3v) is 4.59. The van der Waals surface area contributed by atoms with E-state index >= 15 is 0 Å². The Morgan fingerprint density at radius 1 is 1.35 bits per heavy atom. The first kappa shape index (κ1) is 12.6. The van der Waals surface area contributed by atoms with Crippen LogP contribution in [-0.2, 0) is 0 Å². The van der Waals surface area contributed by atoms with Gasteiger partial charge in [0.05, 0.1) is 6.07 Å². The van der Waals surface area contributed by atoms with E-state index in [0.717, 1.165) is 37.8 Å². The molecule has 94 valence electrons. The molecule has 1 aliphatic heterocycles. The van der Waals surface area contributed by atoms with E-state index in [1.54, 1.807) is 5.57 Å². The second kappa shape index (κ2) is 5.69. The number of nitrogens with zero attached hydrogens (tertiary/aromatic N) is 2. The van der Waals surface area contributed by atoms with Crippen molar-refractivity contribution in [3.63, 3.8) is 0 Å². The van der Waals surface area contributed by atoms with Crippen LogP contribution in [-0.4, -0.2) is 24.5 Å². The molecular formula is C15H24N2. The molecule has 0 unspecified atom stereocenters. The Kier molecular flexibility index (Phi) is 4.23. The van der Waals surface area contributed by atoms with E-state index < -0.39 is 0 Å². The van der Waals surface area contributed by atoms with E-state index in [4.69, 9.17) is 5.26 Å². The Morgan fingerprint density at radius 3 is 2.65 bits per heavy atom. The number of rotatable bonds is 2. The van der Waals surface area contributed by atoms with Gasteiger partial charge in [0.1, 0.15) is 0 Å². The van der Waals surface area contributed by atoms with Crippen molar-refractivity contribution in [2.45, 2.75) is 39.5 Å². The maximum atomic E-state index is 8.91. The molecule has 2 heteroatoms. The second-order valence-corrected chi connectivity index (χ2v) is 5.81. The summed E-state index contributed by atoms with van der Waals surface area (Å²) in [5.41, 5.74) is 1.59. The predicted octanol–water partition coefficient (Wildman–Crippen LogP) is 3.21. The van der Waals surface area contributed by atoms with Crippen LogP contribution >= 0.6 is 0 Å². The molecule has 0 N–H and O–H groups in total. The molecule has 2 rings (SSSR count). The van der Waals surface area contributed by atoms with Crippen LogP contribution in [0.4, 0.5) is 0 Å². The van der Waals surface area contributed by atoms with E-state index in [1.165, 1.54) is 19.4 Å². The highest BCUT2D eigenvalue weighted by Gasteiger charge is 2.26. The average Bonchev–Trinajstić information content (AvgIpc) is 2.35. The maximum absolute atomic E-state index is 8.91. The summed E-state index contributed by atoms with van der Waals surface area (Å²) in [5, 5.41) is 8.91. The fraction of sp³-hybridized carbons (Fsp3) is 0.800. The van der Waals surface area contributed by atoms with Gasteiger partial charge in [0.2, 0.25) is 0 Å². The van der Waals surface area contributed by atoms with Gasteiger partial charge in [-0.15, -0.1) is 0 Å². The van der Waals surface area contributed by atoms with Crippen molar-refractivity contribution in [2.75, 3.05) is 19.6 Å². The fourth-order valence-corrected chi connectivity index (χ4v) is 3.22. The minimum atomic E-state index is 0.312. The van der Waals surface area contributed by atoms with Crippen LogP contribution in [0.1, 0.15) is 39.5 Å². The topological polar surface area (TPSA) is 27.0 Å². The van der Waals surface area contributed by atoms with Crippen LogP contribution in [0.15, 0.2) is 11.6 Å². The van der Waals surface area contributed by atoms with Gasteiger partial charge in [-0.25, -0.2) is 0 Å². The molecule has 1 fully saturated rings. The summed E-state index contributed by atoms with van der Waals surface area (Å²) in [5.74, 6) is 1.89. The Bertz CT molecular complexity index is 318. The van der Waals surface area contributed by atoms with Gasteiger partial charge in [-0.3, -0.25) is 0 Å². The number of nitriles is 1. The van der Waals surface area contributed by atoms with Crippen LogP contribution < -0.4 is 0 Å². The summed E-state index contributed by atoms with van der Waals surface area (Å²) >= 11 is 0. The lowest BCUT2D eigenvalue weighted by molar-refractivity contribution is 0.163. The van der Waals surface area contributed by atoms with E-state index in [1.807, 2.05) is 0 Å². The first-order valence-electron chi connectivity index (χ1n) is 6.99. The lowest BCUT2D eigenvalue weighted by Crippen LogP contribution is -2.39. The monoisotopic (exact) mass is 232 g/mol. The minimum absolute atomic E-state index is 0.312. The standard InChI is InChI=1S/C15H24N2/c1-12-4-3-5-13(2)15(12)11-17-8-6-14(10-16)7-9-17/h4,13-15H,3,5-9,11H2,1-2H3/t13-,15+/m0/s1. The maximum Gasteiger partial charge on any atom is 0.0656 e. The Morgan fingerprint density at radius 2 is 2.06 bits per heavy atom. The molecule has 2 nitrogen and oxygen atoms in total. The van der Waals surface area contributed by atoms with Crippen LogP contribution in [0.25, 0.3) is 0 Å². The second-order valence-electron chi connectivity index (χ2n) is 5.81. The molecule has 0 radical (unpaired) electrons. The van der Waals surface area contributed by atoms with Crippen molar-refractivity contribution in [2.24, 2.45) is 17.8 Å². The Hall–Kier alpha value is -0.810. The number of allylic oxidation sites excluding steroid dienone is 1. The van der Waals surface area contributed by atoms with Crippen molar-refractivity contribution in [1.82, 2.24) is 4.90 Å². The zero-order valence-electron chi connectivity index (χ0n) is 11.2. The van der Waals surface area contributed by atoms with Gasteiger partial charge in [-0.1, -0.05) is 18.6 Å². The molecule has 0 aromatic rings. The number of likely N-dealkylation sites (tertiary alicyclic amines) is 1. The highest BCUT2D eigenvalue weighted by molar-refractivity contribution is 5.09. The van der Waals surface area contributed by atoms with E-state index in [-0.39, 0.29) is 0 Å². The first-order valence-corrected chi connectivity index (χ1v) is 6.99. The van der Waals surface area contributed by atoms with Gasteiger partial charge < -0.3 is 4.90 Å². The largest absolute Gasteiger partial charge is 0.303 e. The van der Waals surface area contributed by atoms with Gasteiger partial charge in [0, 0.05) is 12.5 Å². The lowest BCUT2D eigenvalue weighted by atomic mass is 9.79. The Balaban J connectivity index is 1.87. The molecule has 2 aliphatic rings. The highest BCUT2D eigenvalue weighted by Crippen LogP contribution is 2.31. The van der Waals surface area contributed by atoms with Crippen LogP contribution in [0.3, 0.4) is 0 Å². The summed E-state index contributed by atoms with van der Waals surface area (Å²) in [7, 11) is 0. The van der Waals surface area contributed by atoms with Gasteiger partial charge in [-0.2, -0.15) is 5.26 Å². The lowest BCUT2D eigenvalue weighted by Gasteiger charge is -2.36. The van der Waals surface area contributed by atoms with Crippen molar-refractivity contribution in [3.05, 3.63) is 11.6 Å². The van der Waals surface area contributed by atoms with Crippen molar-refractivity contribution >= 4 is 0 Å². The molecule has 1 saturated heterocycles. The van der Waals surface area contributed by atoms with Gasteiger partial charge in [-0.05, 0) is 57.5 Å². The van der Waals surface area contributed by atoms with Crippen molar-refractivity contribution < 1.29 is 0 Å². The zero-order valence-corrected chi connectivity index (χ0v) is 11.2. The Labute approximate surface area is 105 Å². The predicted molar refractivity (Wildman–Crippen MR) is 70.4 cm³/mol. The quantitative estimate of drug-likeness (QED) is 0.684.